The van der Waals surface area contributed by atoms with Gasteiger partial charge < -0.3 is 4.79 Å². The quantitative estimate of drug-likeness (QED) is 0.503. The number of carbonyl (C=O) groups is 1. The Hall–Kier alpha value is -0.113. The van der Waals surface area contributed by atoms with Crippen LogP contribution in [0, 0.1) is 5.92 Å². The van der Waals surface area contributed by atoms with Gasteiger partial charge >= 0.3 is 0 Å². The molecule has 2 heteroatoms. The van der Waals surface area contributed by atoms with Crippen LogP contribution < -0.4 is 0 Å². The maximum atomic E-state index is 10.7. The number of hydrogen-bond acceptors (Lipinski definition) is 1. The fourth-order valence-corrected chi connectivity index (χ4v) is 1.68. The van der Waals surface area contributed by atoms with E-state index in [1.54, 1.807) is 0 Å². The molecule has 0 aliphatic carbocycles. The van der Waals surface area contributed by atoms with Crippen LogP contribution in [0.2, 0.25) is 0 Å². The largest absolute Gasteiger partial charge is 0.306 e. The smallest absolute Gasteiger partial charge is 0.103 e. The average molecular weight is 130 g/mol. The number of rotatable bonds is 3. The molecule has 0 aliphatic rings. The first-order valence-corrected chi connectivity index (χ1v) is 4.22. The molecule has 0 saturated carbocycles. The second-order valence-corrected chi connectivity index (χ2v) is 3.11. The van der Waals surface area contributed by atoms with Gasteiger partial charge in [0.1, 0.15) is 5.41 Å². The Balaban J connectivity index is 3.52. The van der Waals surface area contributed by atoms with Crippen molar-refractivity contribution in [1.29, 1.82) is 0 Å². The molecule has 0 unspecified atom stereocenters. The van der Waals surface area contributed by atoms with Crippen LogP contribution in [-0.4, -0.2) is 15.6 Å². The van der Waals surface area contributed by atoms with Crippen molar-refractivity contribution in [3.63, 3.8) is 0 Å². The first-order valence-electron chi connectivity index (χ1n) is 3.22. The Kier molecular flexibility index (Phi) is 3.78. The van der Waals surface area contributed by atoms with Gasteiger partial charge in [-0.05, 0) is 12.8 Å². The molecule has 0 N–H and O–H groups in total. The van der Waals surface area contributed by atoms with E-state index in [4.69, 9.17) is 0 Å². The third-order valence-corrected chi connectivity index (χ3v) is 2.38. The maximum Gasteiger partial charge on any atom is 0.103 e. The molecule has 0 saturated heterocycles. The molecule has 0 rings (SSSR count). The fraction of sp³-hybridized carbons (Fsp3) is 0.833. The number of hydrogen-bond donors (Lipinski definition) is 0. The minimum atomic E-state index is 0.377. The summed E-state index contributed by atoms with van der Waals surface area (Å²) in [6.07, 6.45) is 2.05. The molecule has 0 fully saturated rings. The molecule has 8 heavy (non-hydrogen) atoms. The number of carbonyl (C=O) groups excluding carboxylic acids is 1. The van der Waals surface area contributed by atoms with Crippen LogP contribution in [0.15, 0.2) is 0 Å². The lowest BCUT2D eigenvalue weighted by atomic mass is 10.1. The van der Waals surface area contributed by atoms with E-state index in [-0.39, 0.29) is 0 Å². The molecule has 0 bridgehead atoms. The van der Waals surface area contributed by atoms with Gasteiger partial charge in [0.2, 0.25) is 0 Å². The summed E-state index contributed by atoms with van der Waals surface area (Å²) >= 11 is 0. The lowest BCUT2D eigenvalue weighted by molar-refractivity contribution is -0.115. The molecular weight excluding hydrogens is 116 g/mol. The van der Waals surface area contributed by atoms with E-state index in [9.17, 15) is 4.79 Å². The second-order valence-electron chi connectivity index (χ2n) is 2.12. The molecule has 0 heterocycles. The molecule has 0 radical (unpaired) electrons. The molecule has 0 amide bonds. The van der Waals surface area contributed by atoms with Crippen LogP contribution in [-0.2, 0) is 4.79 Å². The highest BCUT2D eigenvalue weighted by atomic mass is 28.1. The van der Waals surface area contributed by atoms with E-state index in [2.05, 4.69) is 13.8 Å². The predicted octanol–water partition coefficient (Wildman–Crippen LogP) is 0.315. The van der Waals surface area contributed by atoms with Crippen molar-refractivity contribution in [1.82, 2.24) is 0 Å². The van der Waals surface area contributed by atoms with Gasteiger partial charge in [-0.15, -0.1) is 0 Å². The summed E-state index contributed by atoms with van der Waals surface area (Å²) in [6.45, 7) is 4.15. The zero-order valence-corrected chi connectivity index (χ0v) is 7.90. The standard InChI is InChI=1S/C6H14OSi/c1-3-5(4-2)6(7)8/h5H,3-4H2,1-2,8H3. The van der Waals surface area contributed by atoms with Gasteiger partial charge in [-0.1, -0.05) is 13.8 Å². The molecule has 48 valence electrons. The molecule has 0 aromatic rings. The summed E-state index contributed by atoms with van der Waals surface area (Å²) in [5.74, 6) is 0.377. The Morgan fingerprint density at radius 2 is 1.88 bits per heavy atom. The Labute approximate surface area is 53.9 Å². The van der Waals surface area contributed by atoms with Crippen LogP contribution >= 0.6 is 0 Å². The van der Waals surface area contributed by atoms with Crippen LogP contribution in [0.1, 0.15) is 26.7 Å². The van der Waals surface area contributed by atoms with Gasteiger partial charge in [0.05, 0.1) is 10.2 Å². The minimum absolute atomic E-state index is 0.377. The first kappa shape index (κ1) is 7.89. The summed E-state index contributed by atoms with van der Waals surface area (Å²) in [4.78, 5) is 10.7. The highest BCUT2D eigenvalue weighted by molar-refractivity contribution is 6.58. The van der Waals surface area contributed by atoms with E-state index >= 15 is 0 Å². The highest BCUT2D eigenvalue weighted by Gasteiger charge is 2.06. The molecular formula is C6H14OSi. The monoisotopic (exact) mass is 130 g/mol. The molecule has 0 aliphatic heterocycles. The lowest BCUT2D eigenvalue weighted by Crippen LogP contribution is -2.11. The van der Waals surface area contributed by atoms with Gasteiger partial charge in [-0.2, -0.15) is 0 Å². The van der Waals surface area contributed by atoms with Crippen LogP contribution in [0.5, 0.6) is 0 Å². The zero-order valence-electron chi connectivity index (χ0n) is 5.90. The van der Waals surface area contributed by atoms with E-state index in [1.165, 1.54) is 0 Å². The van der Waals surface area contributed by atoms with Crippen molar-refractivity contribution in [3.8, 4) is 0 Å². The van der Waals surface area contributed by atoms with Crippen molar-refractivity contribution in [2.75, 3.05) is 0 Å². The highest BCUT2D eigenvalue weighted by Crippen LogP contribution is 2.05. The van der Waals surface area contributed by atoms with E-state index < -0.39 is 0 Å². The first-order chi connectivity index (χ1) is 3.72. The van der Waals surface area contributed by atoms with Crippen LogP contribution in [0.25, 0.3) is 0 Å². The van der Waals surface area contributed by atoms with E-state index in [0.717, 1.165) is 23.1 Å². The molecule has 0 aromatic carbocycles. The van der Waals surface area contributed by atoms with Gasteiger partial charge in [-0.3, -0.25) is 0 Å². The van der Waals surface area contributed by atoms with Gasteiger partial charge in [0.15, 0.2) is 0 Å². The SMILES string of the molecule is CCC(CC)C(=O)[SiH3]. The normalized spacial score (nSPS) is 10.4. The second kappa shape index (κ2) is 3.84. The summed E-state index contributed by atoms with van der Waals surface area (Å²) in [6, 6.07) is 0. The summed E-state index contributed by atoms with van der Waals surface area (Å²) in [7, 11) is 0.733. The third-order valence-electron chi connectivity index (χ3n) is 1.56. The van der Waals surface area contributed by atoms with Crippen molar-refractivity contribution >= 4 is 15.6 Å². The summed E-state index contributed by atoms with van der Waals surface area (Å²) < 4.78 is 0. The van der Waals surface area contributed by atoms with E-state index in [1.807, 2.05) is 0 Å². The lowest BCUT2D eigenvalue weighted by Gasteiger charge is -2.04. The fourth-order valence-electron chi connectivity index (χ4n) is 0.864. The summed E-state index contributed by atoms with van der Waals surface area (Å²) in [5, 5.41) is 0.468. The van der Waals surface area contributed by atoms with Crippen LogP contribution in [0.4, 0.5) is 0 Å². The van der Waals surface area contributed by atoms with Crippen molar-refractivity contribution in [2.24, 2.45) is 5.92 Å². The van der Waals surface area contributed by atoms with Crippen molar-refractivity contribution < 1.29 is 4.79 Å². The average Bonchev–Trinajstić information content (AvgIpc) is 1.69. The molecule has 1 nitrogen and oxygen atoms in total. The topological polar surface area (TPSA) is 17.1 Å². The van der Waals surface area contributed by atoms with Crippen molar-refractivity contribution in [2.45, 2.75) is 26.7 Å². The van der Waals surface area contributed by atoms with Gasteiger partial charge in [0.25, 0.3) is 0 Å². The predicted molar refractivity (Wildman–Crippen MR) is 39.0 cm³/mol. The zero-order chi connectivity index (χ0) is 6.57. The minimum Gasteiger partial charge on any atom is -0.306 e. The molecule has 0 atom stereocenters. The van der Waals surface area contributed by atoms with Crippen molar-refractivity contribution in [3.05, 3.63) is 0 Å². The third kappa shape index (κ3) is 2.26. The van der Waals surface area contributed by atoms with Gasteiger partial charge in [-0.25, -0.2) is 0 Å². The molecule has 0 spiro atoms. The Morgan fingerprint density at radius 3 is 1.88 bits per heavy atom. The molecule has 0 aromatic heterocycles. The van der Waals surface area contributed by atoms with Crippen LogP contribution in [0.3, 0.4) is 0 Å². The van der Waals surface area contributed by atoms with E-state index in [0.29, 0.717) is 11.3 Å². The summed E-state index contributed by atoms with van der Waals surface area (Å²) in [5.41, 5.74) is 0. The Bertz CT molecular complexity index is 76.6. The maximum absolute atomic E-state index is 10.7. The van der Waals surface area contributed by atoms with Gasteiger partial charge in [0, 0.05) is 5.92 Å². The Morgan fingerprint density at radius 1 is 1.50 bits per heavy atom.